The number of aryl methyl sites for hydroxylation is 2. The third kappa shape index (κ3) is 4.68. The van der Waals surface area contributed by atoms with Gasteiger partial charge in [-0.2, -0.15) is 5.10 Å². The first-order chi connectivity index (χ1) is 17.7. The molecule has 0 radical (unpaired) electrons. The molecule has 3 N–H and O–H groups in total. The maximum atomic E-state index is 13.3. The van der Waals surface area contributed by atoms with Crippen molar-refractivity contribution in [1.82, 2.24) is 24.6 Å². The van der Waals surface area contributed by atoms with E-state index in [2.05, 4.69) is 15.4 Å². The van der Waals surface area contributed by atoms with Gasteiger partial charge in [0.1, 0.15) is 17.8 Å². The number of anilines is 1. The highest BCUT2D eigenvalue weighted by Crippen LogP contribution is 2.38. The predicted molar refractivity (Wildman–Crippen MR) is 136 cm³/mol. The number of hydrogen-bond acceptors (Lipinski definition) is 7. The number of aliphatic carboxylic acids is 1. The van der Waals surface area contributed by atoms with Gasteiger partial charge in [-0.3, -0.25) is 23.6 Å². The fourth-order valence-corrected chi connectivity index (χ4v) is 4.48. The van der Waals surface area contributed by atoms with Crippen LogP contribution in [0, 0.1) is 6.92 Å². The van der Waals surface area contributed by atoms with Crippen LogP contribution in [0.25, 0.3) is 22.2 Å². The maximum absolute atomic E-state index is 13.3. The van der Waals surface area contributed by atoms with Crippen LogP contribution in [0.15, 0.2) is 53.7 Å². The zero-order valence-electron chi connectivity index (χ0n) is 20.4. The zero-order valence-corrected chi connectivity index (χ0v) is 20.4. The molecule has 0 bridgehead atoms. The van der Waals surface area contributed by atoms with Crippen molar-refractivity contribution < 1.29 is 19.8 Å². The fraction of sp³-hybridized carbons (Fsp3) is 0.269. The van der Waals surface area contributed by atoms with E-state index in [0.29, 0.717) is 29.7 Å². The number of benzene rings is 1. The predicted octanol–water partition coefficient (Wildman–Crippen LogP) is 1.30. The minimum absolute atomic E-state index is 0.145. The van der Waals surface area contributed by atoms with Gasteiger partial charge in [-0.15, -0.1) is 0 Å². The second-order valence-electron chi connectivity index (χ2n) is 9.23. The first kappa shape index (κ1) is 24.2. The third-order valence-electron chi connectivity index (χ3n) is 6.39. The number of carboxylic acid groups (broad SMARTS) is 1. The molecular weight excluding hydrogens is 476 g/mol. The minimum atomic E-state index is -1.24. The Labute approximate surface area is 211 Å². The molecule has 1 amide bonds. The molecule has 0 spiro atoms. The van der Waals surface area contributed by atoms with Crippen molar-refractivity contribution in [3.05, 3.63) is 76.0 Å². The molecule has 0 unspecified atom stereocenters. The number of pyridine rings is 2. The van der Waals surface area contributed by atoms with Crippen molar-refractivity contribution in [2.75, 3.05) is 18.0 Å². The number of nitrogens with zero attached hydrogens (tertiary/aromatic N) is 5. The summed E-state index contributed by atoms with van der Waals surface area (Å²) in [5, 5.41) is 27.0. The summed E-state index contributed by atoms with van der Waals surface area (Å²) in [6, 6.07) is 9.09. The Kier molecular flexibility index (Phi) is 6.22. The van der Waals surface area contributed by atoms with Crippen molar-refractivity contribution in [2.45, 2.75) is 26.1 Å². The number of carboxylic acids is 1. The summed E-state index contributed by atoms with van der Waals surface area (Å²) < 4.78 is 2.65. The SMILES string of the molecule is Cc1ccc(CNC(=O)c2cc3c(N4CC(O)C4)c(-c4cnn(C)c4)cnc3n(CC(=O)O)c2=O)cc1. The molecule has 4 heterocycles. The number of fused-ring (bicyclic) bond motifs is 1. The Bertz CT molecular complexity index is 1570. The van der Waals surface area contributed by atoms with Crippen molar-refractivity contribution in [3.63, 3.8) is 0 Å². The molecule has 37 heavy (non-hydrogen) atoms. The Morgan fingerprint density at radius 1 is 1.16 bits per heavy atom. The quantitative estimate of drug-likeness (QED) is 0.343. The van der Waals surface area contributed by atoms with Crippen LogP contribution >= 0.6 is 0 Å². The Hall–Kier alpha value is -4.51. The molecule has 11 heteroatoms. The number of rotatable bonds is 7. The number of carbonyl (C=O) groups excluding carboxylic acids is 1. The molecule has 1 aliphatic rings. The lowest BCUT2D eigenvalue weighted by Crippen LogP contribution is -2.51. The molecule has 1 aliphatic heterocycles. The number of carbonyl (C=O) groups is 2. The second kappa shape index (κ2) is 9.51. The summed E-state index contributed by atoms with van der Waals surface area (Å²) in [5.41, 5.74) is 3.26. The summed E-state index contributed by atoms with van der Waals surface area (Å²) in [5.74, 6) is -1.85. The average molecular weight is 503 g/mol. The van der Waals surface area contributed by atoms with E-state index in [0.717, 1.165) is 21.3 Å². The number of nitrogens with one attached hydrogen (secondary N) is 1. The van der Waals surface area contributed by atoms with E-state index < -0.39 is 30.1 Å². The van der Waals surface area contributed by atoms with Crippen LogP contribution < -0.4 is 15.8 Å². The van der Waals surface area contributed by atoms with Gasteiger partial charge in [-0.25, -0.2) is 4.98 Å². The van der Waals surface area contributed by atoms with Gasteiger partial charge >= 0.3 is 5.97 Å². The van der Waals surface area contributed by atoms with Crippen LogP contribution in [0.1, 0.15) is 21.5 Å². The van der Waals surface area contributed by atoms with Crippen LogP contribution in [-0.2, 0) is 24.9 Å². The molecule has 190 valence electrons. The van der Waals surface area contributed by atoms with Crippen LogP contribution in [-0.4, -0.2) is 60.6 Å². The van der Waals surface area contributed by atoms with Crippen molar-refractivity contribution in [1.29, 1.82) is 0 Å². The average Bonchev–Trinajstić information content (AvgIpc) is 3.28. The summed E-state index contributed by atoms with van der Waals surface area (Å²) >= 11 is 0. The van der Waals surface area contributed by atoms with Crippen molar-refractivity contribution in [2.24, 2.45) is 7.05 Å². The molecule has 5 rings (SSSR count). The number of hydrogen-bond donors (Lipinski definition) is 3. The molecule has 1 fully saturated rings. The number of aliphatic hydroxyl groups is 1. The van der Waals surface area contributed by atoms with E-state index in [-0.39, 0.29) is 17.8 Å². The molecule has 1 aromatic carbocycles. The molecule has 0 saturated carbocycles. The van der Waals surface area contributed by atoms with E-state index in [9.17, 15) is 24.6 Å². The van der Waals surface area contributed by atoms with E-state index >= 15 is 0 Å². The van der Waals surface area contributed by atoms with Gasteiger partial charge in [0.2, 0.25) is 0 Å². The zero-order chi connectivity index (χ0) is 26.3. The molecular formula is C26H26N6O5. The van der Waals surface area contributed by atoms with Crippen LogP contribution in [0.3, 0.4) is 0 Å². The minimum Gasteiger partial charge on any atom is -0.480 e. The lowest BCUT2D eigenvalue weighted by molar-refractivity contribution is -0.137. The summed E-state index contributed by atoms with van der Waals surface area (Å²) in [6.45, 7) is 2.20. The van der Waals surface area contributed by atoms with E-state index in [1.54, 1.807) is 24.1 Å². The van der Waals surface area contributed by atoms with Crippen LogP contribution in [0.4, 0.5) is 5.69 Å². The standard InChI is InChI=1S/C26H26N6O5/c1-15-3-5-16(6-4-15)8-28-25(36)20-7-19-23(31-12-18(33)13-31)21(17-9-29-30(2)11-17)10-27-24(19)32(26(20)37)14-22(34)35/h3-7,9-11,18,33H,8,12-14H2,1-2H3,(H,28,36)(H,34,35). The maximum Gasteiger partial charge on any atom is 0.323 e. The van der Waals surface area contributed by atoms with Gasteiger partial charge in [0.15, 0.2) is 0 Å². The summed E-state index contributed by atoms with van der Waals surface area (Å²) in [7, 11) is 1.78. The topological polar surface area (TPSA) is 143 Å². The molecule has 11 nitrogen and oxygen atoms in total. The van der Waals surface area contributed by atoms with Crippen molar-refractivity contribution >= 4 is 28.6 Å². The van der Waals surface area contributed by atoms with Gasteiger partial charge in [-0.05, 0) is 18.6 Å². The van der Waals surface area contributed by atoms with Gasteiger partial charge in [0.25, 0.3) is 11.5 Å². The van der Waals surface area contributed by atoms with Gasteiger partial charge in [0.05, 0.1) is 18.0 Å². The highest BCUT2D eigenvalue weighted by molar-refractivity contribution is 6.03. The monoisotopic (exact) mass is 502 g/mol. The lowest BCUT2D eigenvalue weighted by Gasteiger charge is -2.39. The number of amides is 1. The second-order valence-corrected chi connectivity index (χ2v) is 9.23. The van der Waals surface area contributed by atoms with Gasteiger partial charge < -0.3 is 20.4 Å². The molecule has 3 aromatic heterocycles. The molecule has 0 atom stereocenters. The Morgan fingerprint density at radius 3 is 2.51 bits per heavy atom. The normalized spacial score (nSPS) is 13.5. The smallest absolute Gasteiger partial charge is 0.323 e. The van der Waals surface area contributed by atoms with Crippen molar-refractivity contribution in [3.8, 4) is 11.1 Å². The van der Waals surface area contributed by atoms with Crippen LogP contribution in [0.5, 0.6) is 0 Å². The van der Waals surface area contributed by atoms with Gasteiger partial charge in [-0.1, -0.05) is 29.8 Å². The molecule has 0 aliphatic carbocycles. The summed E-state index contributed by atoms with van der Waals surface area (Å²) in [6.07, 6.45) is 4.52. The Balaban J connectivity index is 1.66. The van der Waals surface area contributed by atoms with E-state index in [1.807, 2.05) is 42.3 Å². The Morgan fingerprint density at radius 2 is 1.89 bits per heavy atom. The number of aliphatic hydroxyl groups excluding tert-OH is 1. The number of aromatic nitrogens is 4. The first-order valence-corrected chi connectivity index (χ1v) is 11.8. The lowest BCUT2D eigenvalue weighted by atomic mass is 10.0. The highest BCUT2D eigenvalue weighted by atomic mass is 16.4. The largest absolute Gasteiger partial charge is 0.480 e. The third-order valence-corrected chi connectivity index (χ3v) is 6.39. The number of β-amino-alcohol motifs (C(OH)–C–C–N with tert-alkyl or cyclic N) is 1. The van der Waals surface area contributed by atoms with E-state index in [4.69, 9.17) is 0 Å². The molecule has 1 saturated heterocycles. The molecule has 4 aromatic rings. The van der Waals surface area contributed by atoms with Crippen LogP contribution in [0.2, 0.25) is 0 Å². The fourth-order valence-electron chi connectivity index (χ4n) is 4.48. The van der Waals surface area contributed by atoms with E-state index in [1.165, 1.54) is 6.07 Å². The summed E-state index contributed by atoms with van der Waals surface area (Å²) in [4.78, 5) is 44.5. The first-order valence-electron chi connectivity index (χ1n) is 11.8. The highest BCUT2D eigenvalue weighted by Gasteiger charge is 2.30. The van der Waals surface area contributed by atoms with Gasteiger partial charge in [0, 0.05) is 55.6 Å².